The molecule has 1 N–H and O–H groups in total. The number of anilines is 1. The Morgan fingerprint density at radius 1 is 1.37 bits per heavy atom. The zero-order valence-corrected chi connectivity index (χ0v) is 12.6. The van der Waals surface area contributed by atoms with E-state index in [0.29, 0.717) is 12.0 Å². The predicted octanol–water partition coefficient (Wildman–Crippen LogP) is 1.21. The van der Waals surface area contributed by atoms with Crippen molar-refractivity contribution in [3.8, 4) is 0 Å². The Morgan fingerprint density at radius 3 is 2.68 bits per heavy atom. The summed E-state index contributed by atoms with van der Waals surface area (Å²) < 4.78 is 0. The zero-order valence-electron chi connectivity index (χ0n) is 12.6. The van der Waals surface area contributed by atoms with Gasteiger partial charge in [-0.05, 0) is 26.9 Å². The number of hydrogen-bond acceptors (Lipinski definition) is 5. The van der Waals surface area contributed by atoms with Gasteiger partial charge in [-0.25, -0.2) is 9.97 Å². The normalized spacial score (nSPS) is 24.1. The van der Waals surface area contributed by atoms with Gasteiger partial charge in [0.15, 0.2) is 0 Å². The van der Waals surface area contributed by atoms with Crippen molar-refractivity contribution in [3.63, 3.8) is 0 Å². The predicted molar refractivity (Wildman–Crippen MR) is 78.2 cm³/mol. The van der Waals surface area contributed by atoms with E-state index in [1.165, 1.54) is 0 Å². The highest BCUT2D eigenvalue weighted by Crippen LogP contribution is 2.21. The molecule has 0 saturated carbocycles. The fourth-order valence-electron chi connectivity index (χ4n) is 2.88. The van der Waals surface area contributed by atoms with Crippen LogP contribution >= 0.6 is 0 Å². The second kappa shape index (κ2) is 5.84. The monoisotopic (exact) mass is 263 g/mol. The van der Waals surface area contributed by atoms with Crippen LogP contribution in [0.3, 0.4) is 0 Å². The number of nitrogens with zero attached hydrogens (tertiary/aromatic N) is 4. The molecule has 0 radical (unpaired) electrons. The highest BCUT2D eigenvalue weighted by atomic mass is 15.2. The molecule has 1 aromatic rings. The van der Waals surface area contributed by atoms with Crippen molar-refractivity contribution in [2.24, 2.45) is 5.92 Å². The molecule has 0 spiro atoms. The van der Waals surface area contributed by atoms with Crippen LogP contribution in [0.2, 0.25) is 0 Å². The van der Waals surface area contributed by atoms with Crippen LogP contribution in [-0.4, -0.2) is 60.0 Å². The van der Waals surface area contributed by atoms with Gasteiger partial charge in [-0.15, -0.1) is 0 Å². The topological polar surface area (TPSA) is 44.3 Å². The van der Waals surface area contributed by atoms with Crippen LogP contribution in [0.4, 0.5) is 5.82 Å². The van der Waals surface area contributed by atoms with E-state index in [0.717, 1.165) is 37.0 Å². The Hall–Kier alpha value is -1.20. The van der Waals surface area contributed by atoms with Crippen molar-refractivity contribution in [1.82, 2.24) is 19.8 Å². The van der Waals surface area contributed by atoms with Crippen LogP contribution in [0.5, 0.6) is 0 Å². The third kappa shape index (κ3) is 3.42. The van der Waals surface area contributed by atoms with Crippen LogP contribution in [0.1, 0.15) is 18.4 Å². The van der Waals surface area contributed by atoms with Crippen molar-refractivity contribution in [1.29, 1.82) is 0 Å². The summed E-state index contributed by atoms with van der Waals surface area (Å²) >= 11 is 0. The van der Waals surface area contributed by atoms with Gasteiger partial charge in [-0.1, -0.05) is 6.92 Å². The lowest BCUT2D eigenvalue weighted by Crippen LogP contribution is -2.34. The highest BCUT2D eigenvalue weighted by Gasteiger charge is 2.31. The molecule has 2 heterocycles. The maximum absolute atomic E-state index is 4.53. The van der Waals surface area contributed by atoms with Crippen LogP contribution in [0.25, 0.3) is 0 Å². The number of rotatable bonds is 4. The number of aryl methyl sites for hydroxylation is 1. The first-order chi connectivity index (χ1) is 8.99. The maximum Gasteiger partial charge on any atom is 0.144 e. The van der Waals surface area contributed by atoms with Crippen LogP contribution < -0.4 is 5.32 Å². The fraction of sp³-hybridized carbons (Fsp3) is 0.714. The molecule has 0 amide bonds. The SMILES string of the molecule is CNc1cc(C)nc(CN2CC(C)C(N(C)C)C2)n1. The third-order valence-electron chi connectivity index (χ3n) is 3.83. The molecular formula is C14H25N5. The Kier molecular flexibility index (Phi) is 4.37. The Balaban J connectivity index is 2.04. The summed E-state index contributed by atoms with van der Waals surface area (Å²) in [5.41, 5.74) is 1.02. The average Bonchev–Trinajstić information content (AvgIpc) is 2.69. The number of likely N-dealkylation sites (N-methyl/N-ethyl adjacent to an activating group) is 1. The van der Waals surface area contributed by atoms with Gasteiger partial charge < -0.3 is 10.2 Å². The maximum atomic E-state index is 4.53. The molecule has 1 aliphatic heterocycles. The molecule has 2 rings (SSSR count). The molecule has 1 fully saturated rings. The molecule has 0 aromatic carbocycles. The third-order valence-corrected chi connectivity index (χ3v) is 3.83. The summed E-state index contributed by atoms with van der Waals surface area (Å²) in [6.45, 7) is 7.39. The van der Waals surface area contributed by atoms with Crippen LogP contribution in [0, 0.1) is 12.8 Å². The quantitative estimate of drug-likeness (QED) is 0.884. The van der Waals surface area contributed by atoms with E-state index < -0.39 is 0 Å². The van der Waals surface area contributed by atoms with Gasteiger partial charge in [0.25, 0.3) is 0 Å². The molecular weight excluding hydrogens is 238 g/mol. The van der Waals surface area contributed by atoms with E-state index in [1.807, 2.05) is 20.0 Å². The summed E-state index contributed by atoms with van der Waals surface area (Å²) in [5, 5.41) is 3.09. The van der Waals surface area contributed by atoms with Gasteiger partial charge in [-0.3, -0.25) is 4.90 Å². The van der Waals surface area contributed by atoms with Gasteiger partial charge in [0.05, 0.1) is 6.54 Å². The van der Waals surface area contributed by atoms with Gasteiger partial charge in [0.2, 0.25) is 0 Å². The molecule has 5 heteroatoms. The molecule has 0 bridgehead atoms. The van der Waals surface area contributed by atoms with Gasteiger partial charge in [0, 0.05) is 37.9 Å². The molecule has 2 atom stereocenters. The molecule has 1 aliphatic rings. The van der Waals surface area contributed by atoms with Gasteiger partial charge in [0.1, 0.15) is 11.6 Å². The lowest BCUT2D eigenvalue weighted by Gasteiger charge is -2.22. The molecule has 19 heavy (non-hydrogen) atoms. The van der Waals surface area contributed by atoms with Gasteiger partial charge >= 0.3 is 0 Å². The first kappa shape index (κ1) is 14.2. The van der Waals surface area contributed by atoms with E-state index in [9.17, 15) is 0 Å². The minimum atomic E-state index is 0.633. The van der Waals surface area contributed by atoms with Crippen molar-refractivity contribution in [2.75, 3.05) is 39.5 Å². The molecule has 0 aliphatic carbocycles. The van der Waals surface area contributed by atoms with E-state index in [2.05, 4.69) is 46.1 Å². The summed E-state index contributed by atoms with van der Waals surface area (Å²) in [6.07, 6.45) is 0. The van der Waals surface area contributed by atoms with Crippen LogP contribution in [-0.2, 0) is 6.54 Å². The van der Waals surface area contributed by atoms with E-state index in [1.54, 1.807) is 0 Å². The lowest BCUT2D eigenvalue weighted by atomic mass is 10.1. The Morgan fingerprint density at radius 2 is 2.11 bits per heavy atom. The van der Waals surface area contributed by atoms with E-state index in [4.69, 9.17) is 0 Å². The summed E-state index contributed by atoms with van der Waals surface area (Å²) in [5.74, 6) is 2.51. The number of nitrogens with one attached hydrogen (secondary N) is 1. The minimum Gasteiger partial charge on any atom is -0.373 e. The number of aromatic nitrogens is 2. The van der Waals surface area contributed by atoms with E-state index >= 15 is 0 Å². The lowest BCUT2D eigenvalue weighted by molar-refractivity contribution is 0.248. The number of likely N-dealkylation sites (tertiary alicyclic amines) is 1. The molecule has 5 nitrogen and oxygen atoms in total. The smallest absolute Gasteiger partial charge is 0.144 e. The largest absolute Gasteiger partial charge is 0.373 e. The molecule has 2 unspecified atom stereocenters. The first-order valence-electron chi connectivity index (χ1n) is 6.90. The molecule has 1 aromatic heterocycles. The second-order valence-electron chi connectivity index (χ2n) is 5.76. The van der Waals surface area contributed by atoms with Crippen molar-refractivity contribution < 1.29 is 0 Å². The number of hydrogen-bond donors (Lipinski definition) is 1. The van der Waals surface area contributed by atoms with E-state index in [-0.39, 0.29) is 0 Å². The average molecular weight is 263 g/mol. The minimum absolute atomic E-state index is 0.633. The van der Waals surface area contributed by atoms with Crippen molar-refractivity contribution >= 4 is 5.82 Å². The Bertz CT molecular complexity index is 432. The highest BCUT2D eigenvalue weighted by molar-refractivity contribution is 5.34. The molecule has 1 saturated heterocycles. The standard InChI is InChI=1S/C14H25N5/c1-10-7-19(8-12(10)18(4)5)9-14-16-11(2)6-13(15-3)17-14/h6,10,12H,7-9H2,1-5H3,(H,15,16,17). The first-order valence-corrected chi connectivity index (χ1v) is 6.90. The molecule has 106 valence electrons. The summed E-state index contributed by atoms with van der Waals surface area (Å²) in [6, 6.07) is 2.60. The summed E-state index contributed by atoms with van der Waals surface area (Å²) in [4.78, 5) is 13.8. The van der Waals surface area contributed by atoms with Gasteiger partial charge in [-0.2, -0.15) is 0 Å². The second-order valence-corrected chi connectivity index (χ2v) is 5.76. The zero-order chi connectivity index (χ0) is 14.0. The van der Waals surface area contributed by atoms with Crippen LogP contribution in [0.15, 0.2) is 6.07 Å². The Labute approximate surface area is 116 Å². The van der Waals surface area contributed by atoms with Crippen molar-refractivity contribution in [2.45, 2.75) is 26.4 Å². The fourth-order valence-corrected chi connectivity index (χ4v) is 2.88. The van der Waals surface area contributed by atoms with Crippen molar-refractivity contribution in [3.05, 3.63) is 17.6 Å². The summed E-state index contributed by atoms with van der Waals surface area (Å²) in [7, 11) is 6.21.